The fourth-order valence-electron chi connectivity index (χ4n) is 3.22. The van der Waals surface area contributed by atoms with E-state index in [0.29, 0.717) is 5.92 Å². The summed E-state index contributed by atoms with van der Waals surface area (Å²) in [4.78, 5) is 10.9. The number of nitrogens with one attached hydrogen (secondary N) is 1. The van der Waals surface area contributed by atoms with Gasteiger partial charge in [-0.1, -0.05) is 12.2 Å². The largest absolute Gasteiger partial charge is 0.394 e. The van der Waals surface area contributed by atoms with Crippen molar-refractivity contribution in [3.63, 3.8) is 0 Å². The Kier molecular flexibility index (Phi) is 4.70. The van der Waals surface area contributed by atoms with Crippen LogP contribution in [0.5, 0.6) is 0 Å². The molecule has 0 spiro atoms. The van der Waals surface area contributed by atoms with Gasteiger partial charge in [0.25, 0.3) is 0 Å². The molecule has 2 atom stereocenters. The van der Waals surface area contributed by atoms with E-state index in [-0.39, 0.29) is 12.6 Å². The van der Waals surface area contributed by atoms with Crippen molar-refractivity contribution in [3.8, 4) is 0 Å². The number of rotatable bonds is 5. The monoisotopic (exact) mass is 288 g/mol. The summed E-state index contributed by atoms with van der Waals surface area (Å²) in [6, 6.07) is 2.21. The maximum Gasteiger partial charge on any atom is 0.134 e. The minimum atomic E-state index is 0.196. The van der Waals surface area contributed by atoms with Crippen LogP contribution >= 0.6 is 0 Å². The lowest BCUT2D eigenvalue weighted by Crippen LogP contribution is -2.32. The van der Waals surface area contributed by atoms with E-state index < -0.39 is 0 Å². The van der Waals surface area contributed by atoms with E-state index in [9.17, 15) is 5.11 Å². The molecule has 1 aromatic rings. The number of hydrogen-bond donors (Lipinski definition) is 2. The van der Waals surface area contributed by atoms with Gasteiger partial charge in [0.15, 0.2) is 0 Å². The summed E-state index contributed by atoms with van der Waals surface area (Å²) in [7, 11) is 0. The minimum Gasteiger partial charge on any atom is -0.394 e. The van der Waals surface area contributed by atoms with Crippen molar-refractivity contribution in [2.24, 2.45) is 5.92 Å². The normalized spacial score (nSPS) is 25.3. The summed E-state index contributed by atoms with van der Waals surface area (Å²) in [5.41, 5.74) is 0. The first-order valence-corrected chi connectivity index (χ1v) is 7.95. The summed E-state index contributed by atoms with van der Waals surface area (Å²) in [5, 5.41) is 12.9. The Hall–Kier alpha value is -1.62. The van der Waals surface area contributed by atoms with Crippen molar-refractivity contribution in [1.29, 1.82) is 0 Å². The fraction of sp³-hybridized carbons (Fsp3) is 0.625. The van der Waals surface area contributed by atoms with Gasteiger partial charge < -0.3 is 15.3 Å². The predicted octanol–water partition coefficient (Wildman–Crippen LogP) is 2.21. The van der Waals surface area contributed by atoms with Crippen molar-refractivity contribution in [3.05, 3.63) is 24.5 Å². The lowest BCUT2D eigenvalue weighted by Gasteiger charge is -2.24. The van der Waals surface area contributed by atoms with Crippen LogP contribution in [0.2, 0.25) is 0 Å². The molecule has 1 fully saturated rings. The van der Waals surface area contributed by atoms with Crippen LogP contribution in [0, 0.1) is 5.92 Å². The van der Waals surface area contributed by atoms with E-state index in [1.807, 2.05) is 6.07 Å². The maximum absolute atomic E-state index is 9.43. The first kappa shape index (κ1) is 14.3. The molecule has 1 saturated heterocycles. The van der Waals surface area contributed by atoms with Crippen molar-refractivity contribution >= 4 is 11.6 Å². The molecule has 0 bridgehead atoms. The number of allylic oxidation sites excluding steroid dienone is 2. The standard InChI is InChI=1S/C16H24N4O/c21-11-14-7-4-8-20(14)16-9-15(18-12-19-16)17-10-13-5-2-1-3-6-13/h1-2,9,12-14,21H,3-8,10-11H2,(H,17,18,19)/t13-,14+/m1/s1. The summed E-state index contributed by atoms with van der Waals surface area (Å²) >= 11 is 0. The number of hydrogen-bond acceptors (Lipinski definition) is 5. The molecule has 5 heteroatoms. The Labute approximate surface area is 126 Å². The summed E-state index contributed by atoms with van der Waals surface area (Å²) < 4.78 is 0. The second kappa shape index (κ2) is 6.89. The molecule has 21 heavy (non-hydrogen) atoms. The van der Waals surface area contributed by atoms with Gasteiger partial charge in [-0.2, -0.15) is 0 Å². The highest BCUT2D eigenvalue weighted by atomic mass is 16.3. The van der Waals surface area contributed by atoms with Crippen LogP contribution in [0.3, 0.4) is 0 Å². The van der Waals surface area contributed by atoms with Gasteiger partial charge in [-0.05, 0) is 38.0 Å². The van der Waals surface area contributed by atoms with Gasteiger partial charge in [-0.15, -0.1) is 0 Å². The zero-order valence-corrected chi connectivity index (χ0v) is 12.4. The molecule has 2 heterocycles. The Morgan fingerprint density at radius 1 is 1.29 bits per heavy atom. The molecule has 0 unspecified atom stereocenters. The molecule has 5 nitrogen and oxygen atoms in total. The highest BCUT2D eigenvalue weighted by Crippen LogP contribution is 2.25. The highest BCUT2D eigenvalue weighted by molar-refractivity contribution is 5.49. The van der Waals surface area contributed by atoms with Crippen molar-refractivity contribution in [1.82, 2.24) is 9.97 Å². The van der Waals surface area contributed by atoms with Crippen LogP contribution in [0.4, 0.5) is 11.6 Å². The second-order valence-electron chi connectivity index (χ2n) is 5.96. The summed E-state index contributed by atoms with van der Waals surface area (Å²) in [6.45, 7) is 2.13. The van der Waals surface area contributed by atoms with E-state index in [1.165, 1.54) is 12.8 Å². The van der Waals surface area contributed by atoms with E-state index in [0.717, 1.165) is 44.0 Å². The zero-order chi connectivity index (χ0) is 14.5. The quantitative estimate of drug-likeness (QED) is 0.813. The fourth-order valence-corrected chi connectivity index (χ4v) is 3.22. The van der Waals surface area contributed by atoms with Crippen molar-refractivity contribution in [2.45, 2.75) is 38.1 Å². The molecule has 3 rings (SSSR count). The van der Waals surface area contributed by atoms with Crippen LogP contribution in [-0.4, -0.2) is 40.8 Å². The average molecular weight is 288 g/mol. The third-order valence-electron chi connectivity index (χ3n) is 4.48. The van der Waals surface area contributed by atoms with Gasteiger partial charge in [-0.3, -0.25) is 0 Å². The van der Waals surface area contributed by atoms with Crippen LogP contribution < -0.4 is 10.2 Å². The van der Waals surface area contributed by atoms with Gasteiger partial charge in [0.05, 0.1) is 12.6 Å². The van der Waals surface area contributed by atoms with Crippen LogP contribution in [0.25, 0.3) is 0 Å². The molecule has 2 N–H and O–H groups in total. The van der Waals surface area contributed by atoms with Gasteiger partial charge in [0.2, 0.25) is 0 Å². The van der Waals surface area contributed by atoms with E-state index >= 15 is 0 Å². The van der Waals surface area contributed by atoms with E-state index in [4.69, 9.17) is 0 Å². The van der Waals surface area contributed by atoms with Crippen LogP contribution in [0.15, 0.2) is 24.5 Å². The molecular weight excluding hydrogens is 264 g/mol. The molecular formula is C16H24N4O. The SMILES string of the molecule is OC[C@@H]1CCCN1c1cc(NC[C@@H]2CC=CCC2)ncn1. The maximum atomic E-state index is 9.43. The third kappa shape index (κ3) is 3.53. The van der Waals surface area contributed by atoms with Gasteiger partial charge >= 0.3 is 0 Å². The second-order valence-corrected chi connectivity index (χ2v) is 5.96. The van der Waals surface area contributed by atoms with Gasteiger partial charge in [-0.25, -0.2) is 9.97 Å². The Morgan fingerprint density at radius 3 is 3.05 bits per heavy atom. The third-order valence-corrected chi connectivity index (χ3v) is 4.48. The summed E-state index contributed by atoms with van der Waals surface area (Å²) in [6.07, 6.45) is 11.9. The predicted molar refractivity (Wildman–Crippen MR) is 84.5 cm³/mol. The highest BCUT2D eigenvalue weighted by Gasteiger charge is 2.25. The van der Waals surface area contributed by atoms with Gasteiger partial charge in [0.1, 0.15) is 18.0 Å². The first-order valence-electron chi connectivity index (χ1n) is 7.95. The lowest BCUT2D eigenvalue weighted by atomic mass is 9.94. The van der Waals surface area contributed by atoms with Crippen molar-refractivity contribution in [2.75, 3.05) is 29.9 Å². The molecule has 1 aliphatic carbocycles. The minimum absolute atomic E-state index is 0.196. The van der Waals surface area contributed by atoms with Crippen molar-refractivity contribution < 1.29 is 5.11 Å². The smallest absolute Gasteiger partial charge is 0.134 e. The number of nitrogens with zero attached hydrogens (tertiary/aromatic N) is 3. The van der Waals surface area contributed by atoms with Gasteiger partial charge in [0, 0.05) is 19.2 Å². The molecule has 0 saturated carbocycles. The molecule has 0 aromatic carbocycles. The number of aromatic nitrogens is 2. The van der Waals surface area contributed by atoms with E-state index in [1.54, 1.807) is 6.33 Å². The lowest BCUT2D eigenvalue weighted by molar-refractivity contribution is 0.266. The topological polar surface area (TPSA) is 61.3 Å². The number of aliphatic hydroxyl groups is 1. The Morgan fingerprint density at radius 2 is 2.24 bits per heavy atom. The number of aliphatic hydroxyl groups excluding tert-OH is 1. The molecule has 114 valence electrons. The molecule has 2 aliphatic rings. The Balaban J connectivity index is 1.61. The number of anilines is 2. The Bertz CT molecular complexity index is 491. The average Bonchev–Trinajstić information content (AvgIpc) is 3.03. The molecule has 0 radical (unpaired) electrons. The molecule has 0 amide bonds. The van der Waals surface area contributed by atoms with E-state index in [2.05, 4.69) is 32.3 Å². The molecule has 1 aromatic heterocycles. The molecule has 1 aliphatic heterocycles. The zero-order valence-electron chi connectivity index (χ0n) is 12.4. The van der Waals surface area contributed by atoms with Crippen LogP contribution in [0.1, 0.15) is 32.1 Å². The first-order chi connectivity index (χ1) is 10.4. The van der Waals surface area contributed by atoms with Crippen LogP contribution in [-0.2, 0) is 0 Å². The summed E-state index contributed by atoms with van der Waals surface area (Å²) in [5.74, 6) is 2.51.